The lowest BCUT2D eigenvalue weighted by Gasteiger charge is -2.16. The Hall–Kier alpha value is -4.00. The molecule has 0 fully saturated rings. The molecule has 0 aliphatic carbocycles. The summed E-state index contributed by atoms with van der Waals surface area (Å²) in [5.74, 6) is -2.14. The Morgan fingerprint density at radius 2 is 1.84 bits per heavy atom. The smallest absolute Gasteiger partial charge is 0.252 e. The molecule has 1 aromatic heterocycles. The van der Waals surface area contributed by atoms with Gasteiger partial charge in [-0.3, -0.25) is 4.79 Å². The molecule has 0 aliphatic rings. The summed E-state index contributed by atoms with van der Waals surface area (Å²) in [5.41, 5.74) is 6.22. The molecule has 4 rings (SSSR count). The van der Waals surface area contributed by atoms with Gasteiger partial charge in [-0.15, -0.1) is 0 Å². The third-order valence-corrected chi connectivity index (χ3v) is 4.99. The summed E-state index contributed by atoms with van der Waals surface area (Å²) in [4.78, 5) is 13.0. The van der Waals surface area contributed by atoms with E-state index in [1.807, 2.05) is 37.3 Å². The third-order valence-electron chi connectivity index (χ3n) is 4.99. The highest BCUT2D eigenvalue weighted by Gasteiger charge is 2.27. The number of fused-ring (bicyclic) bond motifs is 1. The van der Waals surface area contributed by atoms with Crippen molar-refractivity contribution >= 4 is 22.2 Å². The molecular formula is C24H18F2N2O3. The van der Waals surface area contributed by atoms with Gasteiger partial charge in [-0.2, -0.15) is 4.73 Å². The SMILES string of the molecule is CCOc1ccc2ccccc2c1-c1c(N)c(C(=O)c2ccc(F)cc2F)cc[n+]1[O-]. The van der Waals surface area contributed by atoms with Crippen molar-refractivity contribution in [2.75, 3.05) is 12.3 Å². The molecule has 2 N–H and O–H groups in total. The minimum atomic E-state index is -1.01. The zero-order valence-corrected chi connectivity index (χ0v) is 16.6. The van der Waals surface area contributed by atoms with Gasteiger partial charge in [0.25, 0.3) is 5.69 Å². The normalized spacial score (nSPS) is 10.9. The Morgan fingerprint density at radius 1 is 1.06 bits per heavy atom. The number of carbonyl (C=O) groups is 1. The van der Waals surface area contributed by atoms with E-state index in [1.165, 1.54) is 6.07 Å². The minimum absolute atomic E-state index is 0.0219. The maximum atomic E-state index is 14.2. The van der Waals surface area contributed by atoms with E-state index in [9.17, 15) is 18.8 Å². The van der Waals surface area contributed by atoms with Crippen LogP contribution in [0, 0.1) is 16.8 Å². The minimum Gasteiger partial charge on any atom is -0.618 e. The number of nitrogen functional groups attached to an aromatic ring is 1. The first-order valence-electron chi connectivity index (χ1n) is 9.58. The number of rotatable bonds is 5. The predicted octanol–water partition coefficient (Wildman–Crippen LogP) is 4.63. The summed E-state index contributed by atoms with van der Waals surface area (Å²) in [7, 11) is 0. The van der Waals surface area contributed by atoms with E-state index in [2.05, 4.69) is 0 Å². The average molecular weight is 420 g/mol. The molecule has 0 radical (unpaired) electrons. The van der Waals surface area contributed by atoms with Crippen LogP contribution < -0.4 is 15.2 Å². The van der Waals surface area contributed by atoms with Crippen molar-refractivity contribution in [1.29, 1.82) is 0 Å². The number of nitrogens with zero attached hydrogens (tertiary/aromatic N) is 1. The molecule has 31 heavy (non-hydrogen) atoms. The van der Waals surface area contributed by atoms with Gasteiger partial charge in [-0.05, 0) is 35.9 Å². The van der Waals surface area contributed by atoms with Gasteiger partial charge in [0.2, 0.25) is 0 Å². The molecule has 0 saturated carbocycles. The Balaban J connectivity index is 1.98. The second kappa shape index (κ2) is 8.02. The number of aromatic nitrogens is 1. The van der Waals surface area contributed by atoms with E-state index in [0.717, 1.165) is 23.7 Å². The van der Waals surface area contributed by atoms with Gasteiger partial charge in [-0.1, -0.05) is 30.3 Å². The summed E-state index contributed by atoms with van der Waals surface area (Å²) < 4.78 is 33.8. The maximum Gasteiger partial charge on any atom is 0.252 e. The molecule has 0 amide bonds. The molecule has 0 aliphatic heterocycles. The zero-order valence-electron chi connectivity index (χ0n) is 16.6. The van der Waals surface area contributed by atoms with Crippen molar-refractivity contribution in [1.82, 2.24) is 0 Å². The zero-order chi connectivity index (χ0) is 22.1. The maximum absolute atomic E-state index is 14.2. The number of ether oxygens (including phenoxy) is 1. The number of halogens is 2. The van der Waals surface area contributed by atoms with Gasteiger partial charge in [0, 0.05) is 12.1 Å². The molecule has 0 bridgehead atoms. The standard InChI is InChI=1S/C24H18F2N2O3/c1-2-31-20-10-7-14-5-3-4-6-16(14)21(20)23-22(27)18(11-12-28(23)30)24(29)17-9-8-15(25)13-19(17)26/h3-13H,2,27H2,1H3. The quantitative estimate of drug-likeness (QED) is 0.290. The van der Waals surface area contributed by atoms with Crippen molar-refractivity contribution in [2.24, 2.45) is 0 Å². The summed E-state index contributed by atoms with van der Waals surface area (Å²) in [6.07, 6.45) is 1.14. The lowest BCUT2D eigenvalue weighted by atomic mass is 9.95. The van der Waals surface area contributed by atoms with Crippen LogP contribution in [0.1, 0.15) is 22.8 Å². The molecule has 0 atom stereocenters. The topological polar surface area (TPSA) is 79.3 Å². The predicted molar refractivity (Wildman–Crippen MR) is 114 cm³/mol. The monoisotopic (exact) mass is 420 g/mol. The van der Waals surface area contributed by atoms with E-state index < -0.39 is 17.4 Å². The van der Waals surface area contributed by atoms with Gasteiger partial charge in [-0.25, -0.2) is 8.78 Å². The van der Waals surface area contributed by atoms with Gasteiger partial charge in [0.05, 0.1) is 23.3 Å². The molecule has 4 aromatic rings. The Bertz CT molecular complexity index is 1320. The van der Waals surface area contributed by atoms with Gasteiger partial charge < -0.3 is 15.7 Å². The number of hydrogen-bond donors (Lipinski definition) is 1. The summed E-state index contributed by atoms with van der Waals surface area (Å²) in [6, 6.07) is 14.8. The number of carbonyl (C=O) groups excluding carboxylic acids is 1. The van der Waals surface area contributed by atoms with Crippen molar-refractivity contribution in [3.8, 4) is 17.0 Å². The van der Waals surface area contributed by atoms with Crippen molar-refractivity contribution < 1.29 is 23.0 Å². The summed E-state index contributed by atoms with van der Waals surface area (Å²) in [6.45, 7) is 2.16. The van der Waals surface area contributed by atoms with E-state index in [4.69, 9.17) is 10.5 Å². The highest BCUT2D eigenvalue weighted by molar-refractivity contribution is 6.14. The summed E-state index contributed by atoms with van der Waals surface area (Å²) in [5, 5.41) is 14.4. The Morgan fingerprint density at radius 3 is 2.58 bits per heavy atom. The van der Waals surface area contributed by atoms with Gasteiger partial charge in [0.15, 0.2) is 12.0 Å². The largest absolute Gasteiger partial charge is 0.618 e. The fraction of sp³-hybridized carbons (Fsp3) is 0.0833. The molecule has 7 heteroatoms. The molecule has 3 aromatic carbocycles. The number of pyridine rings is 1. The van der Waals surface area contributed by atoms with Crippen LogP contribution in [0.3, 0.4) is 0 Å². The Kier molecular flexibility index (Phi) is 5.25. The molecule has 1 heterocycles. The second-order valence-corrected chi connectivity index (χ2v) is 6.86. The second-order valence-electron chi connectivity index (χ2n) is 6.86. The molecule has 5 nitrogen and oxygen atoms in total. The van der Waals surface area contributed by atoms with Crippen LogP contribution in [-0.2, 0) is 0 Å². The van der Waals surface area contributed by atoms with Crippen molar-refractivity contribution in [2.45, 2.75) is 6.92 Å². The van der Waals surface area contributed by atoms with E-state index in [-0.39, 0.29) is 22.5 Å². The highest BCUT2D eigenvalue weighted by Crippen LogP contribution is 2.39. The fourth-order valence-corrected chi connectivity index (χ4v) is 3.59. The number of hydrogen-bond acceptors (Lipinski definition) is 4. The third kappa shape index (κ3) is 3.54. The van der Waals surface area contributed by atoms with Crippen LogP contribution in [0.15, 0.2) is 66.9 Å². The fourth-order valence-electron chi connectivity index (χ4n) is 3.59. The van der Waals surface area contributed by atoms with Gasteiger partial charge in [0.1, 0.15) is 23.1 Å². The first kappa shape index (κ1) is 20.3. The molecule has 156 valence electrons. The highest BCUT2D eigenvalue weighted by atomic mass is 19.1. The van der Waals surface area contributed by atoms with Crippen molar-refractivity contribution in [3.63, 3.8) is 0 Å². The van der Waals surface area contributed by atoms with Gasteiger partial charge >= 0.3 is 0 Å². The van der Waals surface area contributed by atoms with Crippen LogP contribution in [0.25, 0.3) is 22.0 Å². The molecule has 0 unspecified atom stereocenters. The van der Waals surface area contributed by atoms with E-state index in [0.29, 0.717) is 34.1 Å². The molecule has 0 saturated heterocycles. The van der Waals surface area contributed by atoms with E-state index >= 15 is 0 Å². The van der Waals surface area contributed by atoms with Crippen LogP contribution in [0.5, 0.6) is 5.75 Å². The molecular weight excluding hydrogens is 402 g/mol. The first-order chi connectivity index (χ1) is 14.9. The number of anilines is 1. The number of nitrogens with two attached hydrogens (primary N) is 1. The van der Waals surface area contributed by atoms with E-state index in [1.54, 1.807) is 6.07 Å². The first-order valence-corrected chi connectivity index (χ1v) is 9.58. The number of benzene rings is 3. The number of ketones is 1. The van der Waals surface area contributed by atoms with Crippen LogP contribution in [0.4, 0.5) is 14.5 Å². The lowest BCUT2D eigenvalue weighted by Crippen LogP contribution is -2.31. The lowest BCUT2D eigenvalue weighted by molar-refractivity contribution is -0.593. The van der Waals surface area contributed by atoms with Crippen LogP contribution >= 0.6 is 0 Å². The molecule has 0 spiro atoms. The van der Waals surface area contributed by atoms with Crippen LogP contribution in [-0.4, -0.2) is 12.4 Å². The van der Waals surface area contributed by atoms with Crippen LogP contribution in [0.2, 0.25) is 0 Å². The average Bonchev–Trinajstić information content (AvgIpc) is 2.75. The van der Waals surface area contributed by atoms with Crippen molar-refractivity contribution in [3.05, 3.63) is 94.8 Å². The summed E-state index contributed by atoms with van der Waals surface area (Å²) >= 11 is 0. The Labute approximate surface area is 176 Å².